The molecule has 2 N–H and O–H groups in total. The molecule has 1 atom stereocenters. The predicted octanol–water partition coefficient (Wildman–Crippen LogP) is 0.721. The molecule has 1 unspecified atom stereocenters. The lowest BCUT2D eigenvalue weighted by atomic mass is 10.3. The summed E-state index contributed by atoms with van der Waals surface area (Å²) >= 11 is 0. The molecule has 0 spiro atoms. The fourth-order valence-electron chi connectivity index (χ4n) is 1.90. The quantitative estimate of drug-likeness (QED) is 0.816. The molecule has 16 heavy (non-hydrogen) atoms. The van der Waals surface area contributed by atoms with Crippen molar-refractivity contribution < 1.29 is 4.74 Å². The summed E-state index contributed by atoms with van der Waals surface area (Å²) in [5.41, 5.74) is 5.88. The molecule has 1 aliphatic heterocycles. The van der Waals surface area contributed by atoms with Gasteiger partial charge in [0.25, 0.3) is 0 Å². The molecule has 2 rings (SSSR count). The van der Waals surface area contributed by atoms with Crippen LogP contribution in [-0.2, 0) is 0 Å². The number of hydrogen-bond donors (Lipinski definition) is 1. The third kappa shape index (κ3) is 2.41. The van der Waals surface area contributed by atoms with Crippen LogP contribution in [0, 0.1) is 6.92 Å². The fourth-order valence-corrected chi connectivity index (χ4v) is 1.90. The van der Waals surface area contributed by atoms with E-state index in [0.29, 0.717) is 12.5 Å². The molecule has 5 nitrogen and oxygen atoms in total. The lowest BCUT2D eigenvalue weighted by Crippen LogP contribution is -2.27. The SMILES string of the molecule is CCOc1cc(N2CCC(N)C2)nc(C)n1. The second kappa shape index (κ2) is 4.65. The van der Waals surface area contributed by atoms with Gasteiger partial charge in [0.1, 0.15) is 11.6 Å². The van der Waals surface area contributed by atoms with Crippen molar-refractivity contribution in [2.75, 3.05) is 24.6 Å². The zero-order chi connectivity index (χ0) is 11.5. The van der Waals surface area contributed by atoms with E-state index in [2.05, 4.69) is 14.9 Å². The van der Waals surface area contributed by atoms with Crippen molar-refractivity contribution in [1.82, 2.24) is 9.97 Å². The van der Waals surface area contributed by atoms with E-state index in [4.69, 9.17) is 10.5 Å². The maximum atomic E-state index is 5.88. The van der Waals surface area contributed by atoms with Gasteiger partial charge in [0.2, 0.25) is 5.88 Å². The lowest BCUT2D eigenvalue weighted by molar-refractivity contribution is 0.325. The van der Waals surface area contributed by atoms with Crippen molar-refractivity contribution in [3.05, 3.63) is 11.9 Å². The predicted molar refractivity (Wildman–Crippen MR) is 62.7 cm³/mol. The molecule has 1 saturated heterocycles. The average molecular weight is 222 g/mol. The molecular formula is C11H18N4O. The van der Waals surface area contributed by atoms with Crippen LogP contribution in [0.3, 0.4) is 0 Å². The van der Waals surface area contributed by atoms with Crippen LogP contribution in [0.2, 0.25) is 0 Å². The number of anilines is 1. The highest BCUT2D eigenvalue weighted by molar-refractivity contribution is 5.43. The molecule has 5 heteroatoms. The van der Waals surface area contributed by atoms with Crippen molar-refractivity contribution in [3.8, 4) is 5.88 Å². The van der Waals surface area contributed by atoms with Gasteiger partial charge in [-0.3, -0.25) is 0 Å². The van der Waals surface area contributed by atoms with E-state index in [1.54, 1.807) is 0 Å². The van der Waals surface area contributed by atoms with Crippen LogP contribution < -0.4 is 15.4 Å². The van der Waals surface area contributed by atoms with Crippen LogP contribution >= 0.6 is 0 Å². The number of nitrogens with zero attached hydrogens (tertiary/aromatic N) is 3. The first-order valence-corrected chi connectivity index (χ1v) is 5.68. The molecule has 0 aliphatic carbocycles. The van der Waals surface area contributed by atoms with Gasteiger partial charge in [-0.25, -0.2) is 4.98 Å². The van der Waals surface area contributed by atoms with Gasteiger partial charge in [0.15, 0.2) is 0 Å². The molecule has 1 aromatic heterocycles. The summed E-state index contributed by atoms with van der Waals surface area (Å²) in [7, 11) is 0. The maximum Gasteiger partial charge on any atom is 0.218 e. The smallest absolute Gasteiger partial charge is 0.218 e. The molecule has 0 saturated carbocycles. The van der Waals surface area contributed by atoms with Gasteiger partial charge in [-0.2, -0.15) is 4.98 Å². The van der Waals surface area contributed by atoms with E-state index >= 15 is 0 Å². The summed E-state index contributed by atoms with van der Waals surface area (Å²) in [5.74, 6) is 2.30. The number of ether oxygens (including phenoxy) is 1. The Hall–Kier alpha value is -1.36. The molecule has 0 aromatic carbocycles. The Morgan fingerprint density at radius 3 is 3.00 bits per heavy atom. The number of aryl methyl sites for hydroxylation is 1. The van der Waals surface area contributed by atoms with Crippen LogP contribution in [0.15, 0.2) is 6.07 Å². The van der Waals surface area contributed by atoms with Crippen LogP contribution in [0.5, 0.6) is 5.88 Å². The van der Waals surface area contributed by atoms with Crippen LogP contribution in [0.25, 0.3) is 0 Å². The third-order valence-electron chi connectivity index (χ3n) is 2.64. The molecule has 1 aliphatic rings. The minimum Gasteiger partial charge on any atom is -0.478 e. The normalized spacial score (nSPS) is 20.2. The lowest BCUT2D eigenvalue weighted by Gasteiger charge is -2.17. The molecule has 2 heterocycles. The molecular weight excluding hydrogens is 204 g/mol. The third-order valence-corrected chi connectivity index (χ3v) is 2.64. The second-order valence-electron chi connectivity index (χ2n) is 4.04. The van der Waals surface area contributed by atoms with Crippen molar-refractivity contribution in [1.29, 1.82) is 0 Å². The van der Waals surface area contributed by atoms with Gasteiger partial charge in [0.05, 0.1) is 6.61 Å². The first-order valence-electron chi connectivity index (χ1n) is 5.68. The summed E-state index contributed by atoms with van der Waals surface area (Å²) in [6, 6.07) is 2.14. The first-order chi connectivity index (χ1) is 7.69. The summed E-state index contributed by atoms with van der Waals surface area (Å²) in [6.07, 6.45) is 1.02. The number of nitrogens with two attached hydrogens (primary N) is 1. The maximum absolute atomic E-state index is 5.88. The Labute approximate surface area is 95.6 Å². The van der Waals surface area contributed by atoms with Gasteiger partial charge in [-0.15, -0.1) is 0 Å². The molecule has 0 bridgehead atoms. The van der Waals surface area contributed by atoms with E-state index in [1.807, 2.05) is 19.9 Å². The van der Waals surface area contributed by atoms with Gasteiger partial charge in [0, 0.05) is 25.2 Å². The average Bonchev–Trinajstić information content (AvgIpc) is 2.64. The van der Waals surface area contributed by atoms with E-state index in [0.717, 1.165) is 31.2 Å². The molecule has 88 valence electrons. The van der Waals surface area contributed by atoms with E-state index in [9.17, 15) is 0 Å². The van der Waals surface area contributed by atoms with Gasteiger partial charge in [-0.05, 0) is 20.3 Å². The topological polar surface area (TPSA) is 64.3 Å². The van der Waals surface area contributed by atoms with Crippen LogP contribution in [0.1, 0.15) is 19.2 Å². The zero-order valence-electron chi connectivity index (χ0n) is 9.81. The van der Waals surface area contributed by atoms with Crippen LogP contribution in [-0.4, -0.2) is 35.7 Å². The van der Waals surface area contributed by atoms with Crippen molar-refractivity contribution in [3.63, 3.8) is 0 Å². The molecule has 1 aromatic rings. The zero-order valence-corrected chi connectivity index (χ0v) is 9.81. The first kappa shape index (κ1) is 11.1. The Balaban J connectivity index is 2.20. The summed E-state index contributed by atoms with van der Waals surface area (Å²) in [6.45, 7) is 6.27. The largest absolute Gasteiger partial charge is 0.478 e. The Bertz CT molecular complexity index is 369. The van der Waals surface area contributed by atoms with Gasteiger partial charge in [-0.1, -0.05) is 0 Å². The van der Waals surface area contributed by atoms with E-state index in [1.165, 1.54) is 0 Å². The Morgan fingerprint density at radius 1 is 1.56 bits per heavy atom. The Kier molecular flexibility index (Phi) is 3.24. The summed E-state index contributed by atoms with van der Waals surface area (Å²) < 4.78 is 5.40. The number of rotatable bonds is 3. The van der Waals surface area contributed by atoms with Gasteiger partial charge < -0.3 is 15.4 Å². The minimum absolute atomic E-state index is 0.255. The highest BCUT2D eigenvalue weighted by atomic mass is 16.5. The second-order valence-corrected chi connectivity index (χ2v) is 4.04. The minimum atomic E-state index is 0.255. The molecule has 0 amide bonds. The monoisotopic (exact) mass is 222 g/mol. The fraction of sp³-hybridized carbons (Fsp3) is 0.636. The summed E-state index contributed by atoms with van der Waals surface area (Å²) in [4.78, 5) is 10.8. The summed E-state index contributed by atoms with van der Waals surface area (Å²) in [5, 5.41) is 0. The van der Waals surface area contributed by atoms with Crippen LogP contribution in [0.4, 0.5) is 5.82 Å². The molecule has 0 radical (unpaired) electrons. The highest BCUT2D eigenvalue weighted by Gasteiger charge is 2.21. The van der Waals surface area contributed by atoms with Crippen molar-refractivity contribution >= 4 is 5.82 Å². The van der Waals surface area contributed by atoms with E-state index in [-0.39, 0.29) is 6.04 Å². The van der Waals surface area contributed by atoms with Gasteiger partial charge >= 0.3 is 0 Å². The van der Waals surface area contributed by atoms with Crippen molar-refractivity contribution in [2.45, 2.75) is 26.3 Å². The number of aromatic nitrogens is 2. The Morgan fingerprint density at radius 2 is 2.38 bits per heavy atom. The van der Waals surface area contributed by atoms with E-state index < -0.39 is 0 Å². The standard InChI is InChI=1S/C11H18N4O/c1-3-16-11-6-10(13-8(2)14-11)15-5-4-9(12)7-15/h6,9H,3-5,7,12H2,1-2H3. The molecule has 1 fully saturated rings. The number of hydrogen-bond acceptors (Lipinski definition) is 5. The van der Waals surface area contributed by atoms with Crippen molar-refractivity contribution in [2.24, 2.45) is 5.73 Å². The highest BCUT2D eigenvalue weighted by Crippen LogP contribution is 2.21.